The second kappa shape index (κ2) is 5.79. The maximum Gasteiger partial charge on any atom is 0.258 e. The van der Waals surface area contributed by atoms with Gasteiger partial charge in [-0.15, -0.1) is 0 Å². The highest BCUT2D eigenvalue weighted by Gasteiger charge is 2.15. The van der Waals surface area contributed by atoms with Crippen LogP contribution in [0.5, 0.6) is 0 Å². The summed E-state index contributed by atoms with van der Waals surface area (Å²) in [4.78, 5) is 22.8. The van der Waals surface area contributed by atoms with E-state index >= 15 is 0 Å². The molecule has 0 spiro atoms. The van der Waals surface area contributed by atoms with Gasteiger partial charge in [-0.3, -0.25) is 9.59 Å². The van der Waals surface area contributed by atoms with Crippen LogP contribution >= 0.6 is 11.6 Å². The van der Waals surface area contributed by atoms with Crippen LogP contribution < -0.4 is 5.32 Å². The number of amides is 1. The zero-order valence-corrected chi connectivity index (χ0v) is 10.7. The van der Waals surface area contributed by atoms with Crippen molar-refractivity contribution in [2.75, 3.05) is 5.32 Å². The van der Waals surface area contributed by atoms with E-state index in [2.05, 4.69) is 5.32 Å². The van der Waals surface area contributed by atoms with Crippen molar-refractivity contribution >= 4 is 28.4 Å². The fourth-order valence-electron chi connectivity index (χ4n) is 1.60. The van der Waals surface area contributed by atoms with Crippen molar-refractivity contribution < 1.29 is 18.4 Å². The Balaban J connectivity index is 2.26. The second-order valence-corrected chi connectivity index (χ2v) is 4.25. The summed E-state index contributed by atoms with van der Waals surface area (Å²) >= 11 is 5.31. The molecule has 2 aromatic rings. The summed E-state index contributed by atoms with van der Waals surface area (Å²) in [6.45, 7) is 0. The molecule has 0 bridgehead atoms. The Bertz CT molecular complexity index is 689. The molecule has 0 radical (unpaired) electrons. The van der Waals surface area contributed by atoms with Gasteiger partial charge >= 0.3 is 0 Å². The van der Waals surface area contributed by atoms with E-state index in [1.807, 2.05) is 0 Å². The number of anilines is 1. The molecular formula is C14H8ClF2NO2. The zero-order chi connectivity index (χ0) is 14.7. The van der Waals surface area contributed by atoms with Crippen molar-refractivity contribution in [3.8, 4) is 0 Å². The van der Waals surface area contributed by atoms with Gasteiger partial charge < -0.3 is 5.32 Å². The van der Waals surface area contributed by atoms with Gasteiger partial charge in [-0.1, -0.05) is 12.1 Å². The molecule has 20 heavy (non-hydrogen) atoms. The van der Waals surface area contributed by atoms with Gasteiger partial charge in [0.25, 0.3) is 11.1 Å². The second-order valence-electron chi connectivity index (χ2n) is 3.91. The minimum absolute atomic E-state index is 0.184. The first-order chi connectivity index (χ1) is 9.49. The fourth-order valence-corrected chi connectivity index (χ4v) is 1.71. The topological polar surface area (TPSA) is 46.2 Å². The lowest BCUT2D eigenvalue weighted by Gasteiger charge is -2.07. The van der Waals surface area contributed by atoms with Crippen LogP contribution in [0.25, 0.3) is 0 Å². The Hall–Kier alpha value is -2.27. The summed E-state index contributed by atoms with van der Waals surface area (Å²) in [6.07, 6.45) is 0. The monoisotopic (exact) mass is 295 g/mol. The Morgan fingerprint density at radius 2 is 1.75 bits per heavy atom. The molecule has 0 fully saturated rings. The molecule has 102 valence electrons. The van der Waals surface area contributed by atoms with Crippen LogP contribution in [0.1, 0.15) is 20.7 Å². The molecule has 1 amide bonds. The average Bonchev–Trinajstić information content (AvgIpc) is 2.42. The Morgan fingerprint density at radius 1 is 1.05 bits per heavy atom. The molecule has 0 atom stereocenters. The number of carbonyl (C=O) groups excluding carboxylic acids is 2. The number of nitrogens with one attached hydrogen (secondary N) is 1. The standard InChI is InChI=1S/C14H8ClF2NO2/c15-13(19)8-3-1-4-9(7-8)18-14(20)10-5-2-6-11(16)12(10)17/h1-7H,(H,18,20). The van der Waals surface area contributed by atoms with Crippen LogP contribution in [0.3, 0.4) is 0 Å². The smallest absolute Gasteiger partial charge is 0.258 e. The third-order valence-corrected chi connectivity index (χ3v) is 2.76. The highest BCUT2D eigenvalue weighted by Crippen LogP contribution is 2.16. The lowest BCUT2D eigenvalue weighted by molar-refractivity contribution is 0.102. The van der Waals surface area contributed by atoms with Crippen molar-refractivity contribution in [1.82, 2.24) is 0 Å². The van der Waals surface area contributed by atoms with Crippen LogP contribution in [0, 0.1) is 11.6 Å². The van der Waals surface area contributed by atoms with E-state index in [1.54, 1.807) is 0 Å². The van der Waals surface area contributed by atoms with Crippen molar-refractivity contribution in [1.29, 1.82) is 0 Å². The fraction of sp³-hybridized carbons (Fsp3) is 0. The average molecular weight is 296 g/mol. The van der Waals surface area contributed by atoms with Crippen molar-refractivity contribution in [3.05, 3.63) is 65.2 Å². The molecule has 2 aromatic carbocycles. The molecule has 0 aromatic heterocycles. The SMILES string of the molecule is O=C(Cl)c1cccc(NC(=O)c2cccc(F)c2F)c1. The van der Waals surface area contributed by atoms with E-state index < -0.39 is 28.3 Å². The van der Waals surface area contributed by atoms with Gasteiger partial charge in [0.2, 0.25) is 0 Å². The maximum absolute atomic E-state index is 13.5. The van der Waals surface area contributed by atoms with Gasteiger partial charge in [0.05, 0.1) is 5.56 Å². The predicted octanol–water partition coefficient (Wildman–Crippen LogP) is 3.60. The van der Waals surface area contributed by atoms with E-state index in [0.29, 0.717) is 0 Å². The van der Waals surface area contributed by atoms with Crippen molar-refractivity contribution in [2.24, 2.45) is 0 Å². The Morgan fingerprint density at radius 3 is 2.45 bits per heavy atom. The summed E-state index contributed by atoms with van der Waals surface area (Å²) < 4.78 is 26.5. The molecule has 0 heterocycles. The van der Waals surface area contributed by atoms with Gasteiger partial charge in [0.15, 0.2) is 11.6 Å². The summed E-state index contributed by atoms with van der Waals surface area (Å²) in [5.41, 5.74) is 0.0157. The Labute approximate surface area is 118 Å². The van der Waals surface area contributed by atoms with Gasteiger partial charge in [-0.05, 0) is 41.9 Å². The molecule has 0 saturated heterocycles. The molecular weight excluding hydrogens is 288 g/mol. The first-order valence-electron chi connectivity index (χ1n) is 5.54. The number of halogens is 3. The molecule has 0 saturated carbocycles. The van der Waals surface area contributed by atoms with Gasteiger partial charge in [0, 0.05) is 11.3 Å². The summed E-state index contributed by atoms with van der Waals surface area (Å²) in [5, 5.41) is 1.68. The number of benzene rings is 2. The van der Waals surface area contributed by atoms with E-state index in [0.717, 1.165) is 12.1 Å². The molecule has 0 unspecified atom stereocenters. The van der Waals surface area contributed by atoms with Crippen LogP contribution in [0.2, 0.25) is 0 Å². The summed E-state index contributed by atoms with van der Waals surface area (Å²) in [5.74, 6) is -3.15. The van der Waals surface area contributed by atoms with E-state index in [1.165, 1.54) is 30.3 Å². The minimum Gasteiger partial charge on any atom is -0.322 e. The molecule has 6 heteroatoms. The van der Waals surface area contributed by atoms with Crippen LogP contribution in [0.15, 0.2) is 42.5 Å². The first-order valence-corrected chi connectivity index (χ1v) is 5.92. The maximum atomic E-state index is 13.5. The van der Waals surface area contributed by atoms with Gasteiger partial charge in [-0.2, -0.15) is 0 Å². The molecule has 3 nitrogen and oxygen atoms in total. The molecule has 0 aliphatic heterocycles. The van der Waals surface area contributed by atoms with Gasteiger partial charge in [0.1, 0.15) is 0 Å². The minimum atomic E-state index is -1.23. The molecule has 1 N–H and O–H groups in total. The quantitative estimate of drug-likeness (QED) is 0.880. The normalized spacial score (nSPS) is 10.2. The summed E-state index contributed by atoms with van der Waals surface area (Å²) in [6, 6.07) is 9.11. The molecule has 0 aliphatic carbocycles. The number of hydrogen-bond acceptors (Lipinski definition) is 2. The predicted molar refractivity (Wildman–Crippen MR) is 70.9 cm³/mol. The van der Waals surface area contributed by atoms with E-state index in [-0.39, 0.29) is 11.3 Å². The highest BCUT2D eigenvalue weighted by molar-refractivity contribution is 6.67. The number of rotatable bonds is 3. The third-order valence-electron chi connectivity index (χ3n) is 2.54. The first kappa shape index (κ1) is 14.1. The zero-order valence-electron chi connectivity index (χ0n) is 9.99. The number of hydrogen-bond donors (Lipinski definition) is 1. The van der Waals surface area contributed by atoms with Gasteiger partial charge in [-0.25, -0.2) is 8.78 Å². The van der Waals surface area contributed by atoms with Crippen LogP contribution in [-0.4, -0.2) is 11.1 Å². The summed E-state index contributed by atoms with van der Waals surface area (Å²) in [7, 11) is 0. The third kappa shape index (κ3) is 3.00. The number of carbonyl (C=O) groups is 2. The van der Waals surface area contributed by atoms with Crippen LogP contribution in [0.4, 0.5) is 14.5 Å². The van der Waals surface area contributed by atoms with Crippen LogP contribution in [-0.2, 0) is 0 Å². The lowest BCUT2D eigenvalue weighted by atomic mass is 10.1. The van der Waals surface area contributed by atoms with E-state index in [9.17, 15) is 18.4 Å². The lowest BCUT2D eigenvalue weighted by Crippen LogP contribution is -2.14. The highest BCUT2D eigenvalue weighted by atomic mass is 35.5. The molecule has 2 rings (SSSR count). The molecule has 0 aliphatic rings. The van der Waals surface area contributed by atoms with Crippen molar-refractivity contribution in [3.63, 3.8) is 0 Å². The van der Waals surface area contributed by atoms with Crippen molar-refractivity contribution in [2.45, 2.75) is 0 Å². The van der Waals surface area contributed by atoms with E-state index in [4.69, 9.17) is 11.6 Å². The Kier molecular flexibility index (Phi) is 4.10. The largest absolute Gasteiger partial charge is 0.322 e.